The summed E-state index contributed by atoms with van der Waals surface area (Å²) in [5.41, 5.74) is 6.18. The third kappa shape index (κ3) is 5.86. The highest BCUT2D eigenvalue weighted by atomic mass is 32.2. The Hall–Kier alpha value is -4.04. The molecule has 3 aromatic carbocycles. The van der Waals surface area contributed by atoms with Gasteiger partial charge in [0.1, 0.15) is 18.4 Å². The lowest BCUT2D eigenvalue weighted by atomic mass is 9.94. The number of para-hydroxylation sites is 2. The van der Waals surface area contributed by atoms with Gasteiger partial charge in [-0.25, -0.2) is 4.68 Å². The van der Waals surface area contributed by atoms with Gasteiger partial charge in [-0.05, 0) is 50.5 Å². The van der Waals surface area contributed by atoms with E-state index < -0.39 is 6.04 Å². The zero-order chi connectivity index (χ0) is 27.4. The number of aromatic nitrogens is 3. The molecular weight excluding hydrogens is 506 g/mol. The van der Waals surface area contributed by atoms with E-state index >= 15 is 0 Å². The van der Waals surface area contributed by atoms with E-state index in [4.69, 9.17) is 14.8 Å². The fraction of sp³-hybridized carbons (Fsp3) is 0.258. The third-order valence-electron chi connectivity index (χ3n) is 6.63. The van der Waals surface area contributed by atoms with Crippen LogP contribution in [-0.4, -0.2) is 26.4 Å². The largest absolute Gasteiger partial charge is 0.489 e. The summed E-state index contributed by atoms with van der Waals surface area (Å²) in [6.45, 7) is 8.50. The van der Waals surface area contributed by atoms with Crippen molar-refractivity contribution in [3.05, 3.63) is 106 Å². The molecule has 0 spiro atoms. The molecule has 0 aliphatic carbocycles. The van der Waals surface area contributed by atoms with E-state index in [0.717, 1.165) is 40.2 Å². The Bertz CT molecular complexity index is 1510. The Labute approximate surface area is 233 Å². The van der Waals surface area contributed by atoms with E-state index in [1.807, 2.05) is 67.1 Å². The molecule has 0 fully saturated rings. The van der Waals surface area contributed by atoms with Crippen molar-refractivity contribution in [3.8, 4) is 5.75 Å². The number of thioether (sulfide) groups is 1. The highest BCUT2D eigenvalue weighted by Crippen LogP contribution is 2.40. The van der Waals surface area contributed by atoms with Crippen LogP contribution in [0.25, 0.3) is 0 Å². The van der Waals surface area contributed by atoms with Crippen LogP contribution in [0.2, 0.25) is 0 Å². The standard InChI is InChI=1S/C31H33N5O2S/c1-5-18-39-31-34-30-32-22(4)27(29(37)33-25-12-8-6-10-21(25)3)28(36(30)35-31)24-11-7-9-13-26(24)38-19-23-16-14-20(2)15-17-23/h6-17,28H,5,18-19H2,1-4H3,(H,33,37)(H,32,34,35). The van der Waals surface area contributed by atoms with Gasteiger partial charge in [-0.15, -0.1) is 5.10 Å². The summed E-state index contributed by atoms with van der Waals surface area (Å²) >= 11 is 1.61. The molecule has 1 aliphatic heterocycles. The second-order valence-electron chi connectivity index (χ2n) is 9.66. The van der Waals surface area contributed by atoms with Crippen molar-refractivity contribution >= 4 is 29.3 Å². The first kappa shape index (κ1) is 26.6. The molecule has 39 heavy (non-hydrogen) atoms. The average Bonchev–Trinajstić information content (AvgIpc) is 3.34. The molecule has 1 unspecified atom stereocenters. The first-order chi connectivity index (χ1) is 18.9. The van der Waals surface area contributed by atoms with Crippen molar-refractivity contribution in [2.75, 3.05) is 16.4 Å². The van der Waals surface area contributed by atoms with Crippen LogP contribution in [0.15, 0.2) is 89.2 Å². The average molecular weight is 540 g/mol. The minimum atomic E-state index is -0.525. The van der Waals surface area contributed by atoms with Crippen LogP contribution in [0.1, 0.15) is 48.6 Å². The molecule has 0 saturated carbocycles. The van der Waals surface area contributed by atoms with Gasteiger partial charge in [-0.3, -0.25) is 4.79 Å². The van der Waals surface area contributed by atoms with Crippen LogP contribution in [0.5, 0.6) is 5.75 Å². The highest BCUT2D eigenvalue weighted by Gasteiger charge is 2.36. The minimum absolute atomic E-state index is 0.198. The fourth-order valence-corrected chi connectivity index (χ4v) is 5.24. The number of rotatable bonds is 9. The molecule has 1 aliphatic rings. The minimum Gasteiger partial charge on any atom is -0.489 e. The maximum absolute atomic E-state index is 13.9. The van der Waals surface area contributed by atoms with E-state index in [1.165, 1.54) is 5.56 Å². The zero-order valence-electron chi connectivity index (χ0n) is 22.7. The number of nitrogens with zero attached hydrogens (tertiary/aromatic N) is 3. The lowest BCUT2D eigenvalue weighted by molar-refractivity contribution is -0.113. The summed E-state index contributed by atoms with van der Waals surface area (Å²) in [4.78, 5) is 18.6. The lowest BCUT2D eigenvalue weighted by Gasteiger charge is -2.30. The van der Waals surface area contributed by atoms with Crippen molar-refractivity contribution in [2.45, 2.75) is 51.9 Å². The number of hydrogen-bond donors (Lipinski definition) is 2. The van der Waals surface area contributed by atoms with E-state index in [-0.39, 0.29) is 5.91 Å². The van der Waals surface area contributed by atoms with E-state index in [0.29, 0.717) is 29.0 Å². The fourth-order valence-electron chi connectivity index (χ4n) is 4.55. The molecule has 1 aromatic heterocycles. The topological polar surface area (TPSA) is 81.1 Å². The smallest absolute Gasteiger partial charge is 0.255 e. The second-order valence-corrected chi connectivity index (χ2v) is 10.7. The SMILES string of the molecule is CCCSc1nc2n(n1)C(c1ccccc1OCc1ccc(C)cc1)C(C(=O)Nc1ccccc1C)=C(C)N2. The number of nitrogens with one attached hydrogen (secondary N) is 2. The van der Waals surface area contributed by atoms with Crippen LogP contribution >= 0.6 is 11.8 Å². The van der Waals surface area contributed by atoms with Crippen molar-refractivity contribution in [2.24, 2.45) is 0 Å². The monoisotopic (exact) mass is 539 g/mol. The molecule has 200 valence electrons. The summed E-state index contributed by atoms with van der Waals surface area (Å²) in [7, 11) is 0. The molecule has 7 nitrogen and oxygen atoms in total. The summed E-state index contributed by atoms with van der Waals surface area (Å²) in [5, 5.41) is 12.0. The van der Waals surface area contributed by atoms with Crippen LogP contribution in [0.4, 0.5) is 11.6 Å². The summed E-state index contributed by atoms with van der Waals surface area (Å²) in [5.74, 6) is 2.02. The molecule has 0 bridgehead atoms. The van der Waals surface area contributed by atoms with Crippen LogP contribution in [0.3, 0.4) is 0 Å². The van der Waals surface area contributed by atoms with Gasteiger partial charge in [0.2, 0.25) is 11.1 Å². The predicted octanol–water partition coefficient (Wildman–Crippen LogP) is 6.90. The summed E-state index contributed by atoms with van der Waals surface area (Å²) in [6, 6.07) is 23.4. The van der Waals surface area contributed by atoms with E-state index in [9.17, 15) is 4.79 Å². The van der Waals surface area contributed by atoms with Crippen molar-refractivity contribution in [3.63, 3.8) is 0 Å². The lowest BCUT2D eigenvalue weighted by Crippen LogP contribution is -2.32. The molecule has 2 N–H and O–H groups in total. The Morgan fingerprint density at radius 3 is 2.54 bits per heavy atom. The highest BCUT2D eigenvalue weighted by molar-refractivity contribution is 7.99. The van der Waals surface area contributed by atoms with Gasteiger partial charge in [0.25, 0.3) is 5.91 Å². The number of allylic oxidation sites excluding steroid dienone is 1. The van der Waals surface area contributed by atoms with Crippen molar-refractivity contribution in [1.82, 2.24) is 14.8 Å². The first-order valence-corrected chi connectivity index (χ1v) is 14.1. The van der Waals surface area contributed by atoms with Gasteiger partial charge in [-0.1, -0.05) is 84.9 Å². The predicted molar refractivity (Wildman–Crippen MR) is 157 cm³/mol. The van der Waals surface area contributed by atoms with Gasteiger partial charge >= 0.3 is 0 Å². The Balaban J connectivity index is 1.55. The number of anilines is 2. The maximum atomic E-state index is 13.9. The quantitative estimate of drug-likeness (QED) is 0.225. The molecule has 1 atom stereocenters. The van der Waals surface area contributed by atoms with Crippen LogP contribution in [0, 0.1) is 13.8 Å². The van der Waals surface area contributed by atoms with E-state index in [2.05, 4.69) is 48.7 Å². The van der Waals surface area contributed by atoms with Crippen LogP contribution < -0.4 is 15.4 Å². The number of benzene rings is 3. The first-order valence-electron chi connectivity index (χ1n) is 13.2. The molecule has 2 heterocycles. The number of carbonyl (C=O) groups is 1. The van der Waals surface area contributed by atoms with Gasteiger partial charge in [0, 0.05) is 22.7 Å². The van der Waals surface area contributed by atoms with Gasteiger partial charge in [0.15, 0.2) is 0 Å². The van der Waals surface area contributed by atoms with Crippen molar-refractivity contribution in [1.29, 1.82) is 0 Å². The molecule has 1 amide bonds. The number of amides is 1. The Morgan fingerprint density at radius 1 is 1.03 bits per heavy atom. The second kappa shape index (κ2) is 11.8. The molecule has 0 radical (unpaired) electrons. The molecule has 0 saturated heterocycles. The maximum Gasteiger partial charge on any atom is 0.255 e. The number of carbonyl (C=O) groups excluding carboxylic acids is 1. The Kier molecular flexibility index (Phi) is 8.02. The molecule has 8 heteroatoms. The molecule has 5 rings (SSSR count). The van der Waals surface area contributed by atoms with Crippen molar-refractivity contribution < 1.29 is 9.53 Å². The van der Waals surface area contributed by atoms with Crippen LogP contribution in [-0.2, 0) is 11.4 Å². The third-order valence-corrected chi connectivity index (χ3v) is 7.68. The zero-order valence-corrected chi connectivity index (χ0v) is 23.5. The van der Waals surface area contributed by atoms with E-state index in [1.54, 1.807) is 11.8 Å². The number of aryl methyl sites for hydroxylation is 2. The molecule has 4 aromatic rings. The summed E-state index contributed by atoms with van der Waals surface area (Å²) in [6.07, 6.45) is 1.02. The van der Waals surface area contributed by atoms with Gasteiger partial charge < -0.3 is 15.4 Å². The van der Waals surface area contributed by atoms with Gasteiger partial charge in [0.05, 0.1) is 5.57 Å². The molecular formula is C31H33N5O2S. The normalized spacial score (nSPS) is 14.5. The number of fused-ring (bicyclic) bond motifs is 1. The van der Waals surface area contributed by atoms with Gasteiger partial charge in [-0.2, -0.15) is 4.98 Å². The summed E-state index contributed by atoms with van der Waals surface area (Å²) < 4.78 is 8.17. The number of hydrogen-bond acceptors (Lipinski definition) is 6. The Morgan fingerprint density at radius 2 is 1.77 bits per heavy atom. The number of ether oxygens (including phenoxy) is 1.